The van der Waals surface area contributed by atoms with Gasteiger partial charge < -0.3 is 4.90 Å². The van der Waals surface area contributed by atoms with Crippen LogP contribution in [0.4, 0.5) is 4.39 Å². The minimum atomic E-state index is -0.408. The number of halogens is 1. The fourth-order valence-corrected chi connectivity index (χ4v) is 2.72. The van der Waals surface area contributed by atoms with E-state index in [0.717, 1.165) is 25.9 Å². The second-order valence-corrected chi connectivity index (χ2v) is 5.09. The first-order chi connectivity index (χ1) is 9.58. The lowest BCUT2D eigenvalue weighted by atomic mass is 10.1. The Hall–Kier alpha value is -2.17. The van der Waals surface area contributed by atoms with Gasteiger partial charge in [-0.15, -0.1) is 0 Å². The van der Waals surface area contributed by atoms with Crippen LogP contribution in [-0.2, 0) is 0 Å². The summed E-state index contributed by atoms with van der Waals surface area (Å²) in [5, 5.41) is 0.497. The van der Waals surface area contributed by atoms with E-state index in [-0.39, 0.29) is 11.8 Å². The van der Waals surface area contributed by atoms with Crippen molar-refractivity contribution in [1.29, 1.82) is 0 Å². The molecule has 0 radical (unpaired) electrons. The van der Waals surface area contributed by atoms with Gasteiger partial charge in [-0.2, -0.15) is 0 Å². The Bertz CT molecular complexity index is 699. The van der Waals surface area contributed by atoms with E-state index in [1.54, 1.807) is 4.90 Å². The zero-order valence-electron chi connectivity index (χ0n) is 11.2. The second-order valence-electron chi connectivity index (χ2n) is 5.09. The normalized spacial score (nSPS) is 15.0. The van der Waals surface area contributed by atoms with E-state index in [0.29, 0.717) is 16.5 Å². The number of carbonyl (C=O) groups is 2. The molecule has 104 valence electrons. The average Bonchev–Trinajstić information content (AvgIpc) is 3.05. The van der Waals surface area contributed by atoms with Crippen molar-refractivity contribution in [2.45, 2.75) is 19.8 Å². The van der Waals surface area contributed by atoms with Crippen molar-refractivity contribution in [3.63, 3.8) is 0 Å². The predicted molar refractivity (Wildman–Crippen MR) is 73.3 cm³/mol. The first-order valence-electron chi connectivity index (χ1n) is 6.69. The molecule has 0 aliphatic carbocycles. The largest absolute Gasteiger partial charge is 0.339 e. The van der Waals surface area contributed by atoms with Gasteiger partial charge in [0, 0.05) is 31.6 Å². The molecule has 1 saturated heterocycles. The minimum Gasteiger partial charge on any atom is -0.339 e. The number of amides is 1. The zero-order valence-corrected chi connectivity index (χ0v) is 11.2. The van der Waals surface area contributed by atoms with Gasteiger partial charge in [-0.25, -0.2) is 4.39 Å². The Morgan fingerprint density at radius 3 is 2.55 bits per heavy atom. The molecule has 0 unspecified atom stereocenters. The molecule has 0 saturated carbocycles. The van der Waals surface area contributed by atoms with Gasteiger partial charge in [0.15, 0.2) is 0 Å². The van der Waals surface area contributed by atoms with Crippen LogP contribution < -0.4 is 0 Å². The summed E-state index contributed by atoms with van der Waals surface area (Å²) >= 11 is 0. The van der Waals surface area contributed by atoms with Crippen LogP contribution in [0.15, 0.2) is 24.4 Å². The first kappa shape index (κ1) is 12.8. The number of carbonyl (C=O) groups excluding carboxylic acids is 2. The van der Waals surface area contributed by atoms with Crippen molar-refractivity contribution in [3.8, 4) is 0 Å². The molecule has 1 aliphatic heterocycles. The molecule has 20 heavy (non-hydrogen) atoms. The van der Waals surface area contributed by atoms with Crippen molar-refractivity contribution >= 4 is 22.7 Å². The Kier molecular flexibility index (Phi) is 3.04. The smallest absolute Gasteiger partial charge is 0.256 e. The lowest BCUT2D eigenvalue weighted by Gasteiger charge is -2.14. The first-order valence-corrected chi connectivity index (χ1v) is 6.69. The number of benzene rings is 1. The summed E-state index contributed by atoms with van der Waals surface area (Å²) in [6.07, 6.45) is 3.50. The van der Waals surface area contributed by atoms with Gasteiger partial charge in [0.05, 0.1) is 11.1 Å². The van der Waals surface area contributed by atoms with Crippen molar-refractivity contribution in [1.82, 2.24) is 9.47 Å². The van der Waals surface area contributed by atoms with Gasteiger partial charge in [0.1, 0.15) is 5.82 Å². The molecule has 2 aromatic rings. The van der Waals surface area contributed by atoms with Crippen molar-refractivity contribution in [2.75, 3.05) is 13.1 Å². The van der Waals surface area contributed by atoms with Crippen LogP contribution in [0, 0.1) is 5.82 Å². The molecule has 5 heteroatoms. The molecule has 0 spiro atoms. The number of fused-ring (bicyclic) bond motifs is 1. The van der Waals surface area contributed by atoms with Crippen LogP contribution in [-0.4, -0.2) is 34.4 Å². The molecular weight excluding hydrogens is 259 g/mol. The van der Waals surface area contributed by atoms with Gasteiger partial charge in [0.25, 0.3) is 5.91 Å². The van der Waals surface area contributed by atoms with Gasteiger partial charge in [-0.1, -0.05) is 0 Å². The third kappa shape index (κ3) is 1.99. The standard InChI is InChI=1S/C15H15FN2O2/c1-10(19)18-9-13(15(20)17-6-2-3-7-17)12-8-11(16)4-5-14(12)18/h4-5,8-9H,2-3,6-7H2,1H3. The summed E-state index contributed by atoms with van der Waals surface area (Å²) in [5.74, 6) is -0.727. The molecule has 1 aromatic heterocycles. The van der Waals surface area contributed by atoms with Crippen LogP contribution in [0.1, 0.15) is 34.9 Å². The highest BCUT2D eigenvalue weighted by molar-refractivity contribution is 6.09. The number of rotatable bonds is 1. The highest BCUT2D eigenvalue weighted by Crippen LogP contribution is 2.25. The fraction of sp³-hybridized carbons (Fsp3) is 0.333. The Morgan fingerprint density at radius 1 is 1.20 bits per heavy atom. The van der Waals surface area contributed by atoms with E-state index >= 15 is 0 Å². The summed E-state index contributed by atoms with van der Waals surface area (Å²) in [7, 11) is 0. The topological polar surface area (TPSA) is 42.3 Å². The average molecular weight is 274 g/mol. The van der Waals surface area contributed by atoms with Crippen LogP contribution in [0.2, 0.25) is 0 Å². The van der Waals surface area contributed by atoms with E-state index in [2.05, 4.69) is 0 Å². The third-order valence-electron chi connectivity index (χ3n) is 3.73. The molecule has 3 rings (SSSR count). The molecule has 1 aromatic carbocycles. The van der Waals surface area contributed by atoms with Crippen LogP contribution in [0.25, 0.3) is 10.9 Å². The lowest BCUT2D eigenvalue weighted by molar-refractivity contribution is 0.0794. The fourth-order valence-electron chi connectivity index (χ4n) is 2.72. The van der Waals surface area contributed by atoms with Crippen molar-refractivity contribution in [2.24, 2.45) is 0 Å². The van der Waals surface area contributed by atoms with Crippen molar-refractivity contribution in [3.05, 3.63) is 35.8 Å². The number of hydrogen-bond donors (Lipinski definition) is 0. The molecule has 0 bridgehead atoms. The summed E-state index contributed by atoms with van der Waals surface area (Å²) < 4.78 is 14.8. The van der Waals surface area contributed by atoms with Gasteiger partial charge in [-0.3, -0.25) is 14.2 Å². The van der Waals surface area contributed by atoms with Gasteiger partial charge in [-0.05, 0) is 31.0 Å². The molecule has 0 atom stereocenters. The Labute approximate surface area is 115 Å². The molecule has 0 N–H and O–H groups in total. The van der Waals surface area contributed by atoms with Gasteiger partial charge >= 0.3 is 0 Å². The molecule has 2 heterocycles. The predicted octanol–water partition coefficient (Wildman–Crippen LogP) is 2.68. The van der Waals surface area contributed by atoms with E-state index in [4.69, 9.17) is 0 Å². The molecule has 1 fully saturated rings. The van der Waals surface area contributed by atoms with E-state index in [1.807, 2.05) is 0 Å². The van der Waals surface area contributed by atoms with Crippen molar-refractivity contribution < 1.29 is 14.0 Å². The monoisotopic (exact) mass is 274 g/mol. The van der Waals surface area contributed by atoms with E-state index in [9.17, 15) is 14.0 Å². The number of nitrogens with zero attached hydrogens (tertiary/aromatic N) is 2. The quantitative estimate of drug-likeness (QED) is 0.802. The molecule has 4 nitrogen and oxygen atoms in total. The van der Waals surface area contributed by atoms with E-state index < -0.39 is 5.82 Å². The number of aromatic nitrogens is 1. The maximum atomic E-state index is 13.4. The molecule has 1 amide bonds. The number of likely N-dealkylation sites (tertiary alicyclic amines) is 1. The minimum absolute atomic E-state index is 0.127. The number of hydrogen-bond acceptors (Lipinski definition) is 2. The summed E-state index contributed by atoms with van der Waals surface area (Å²) in [6.45, 7) is 2.87. The molecule has 1 aliphatic rings. The van der Waals surface area contributed by atoms with Crippen LogP contribution >= 0.6 is 0 Å². The van der Waals surface area contributed by atoms with Gasteiger partial charge in [0.2, 0.25) is 5.91 Å². The third-order valence-corrected chi connectivity index (χ3v) is 3.73. The summed E-state index contributed by atoms with van der Waals surface area (Å²) in [6, 6.07) is 4.15. The van der Waals surface area contributed by atoms with Crippen LogP contribution in [0.3, 0.4) is 0 Å². The molecular formula is C15H15FN2O2. The highest BCUT2D eigenvalue weighted by Gasteiger charge is 2.24. The Morgan fingerprint density at radius 2 is 1.90 bits per heavy atom. The van der Waals surface area contributed by atoms with Crippen LogP contribution in [0.5, 0.6) is 0 Å². The summed E-state index contributed by atoms with van der Waals surface area (Å²) in [5.41, 5.74) is 0.970. The highest BCUT2D eigenvalue weighted by atomic mass is 19.1. The van der Waals surface area contributed by atoms with E-state index in [1.165, 1.54) is 35.9 Å². The second kappa shape index (κ2) is 4.74. The maximum absolute atomic E-state index is 13.4. The zero-order chi connectivity index (χ0) is 14.3. The maximum Gasteiger partial charge on any atom is 0.256 e. The summed E-state index contributed by atoms with van der Waals surface area (Å²) in [4.78, 5) is 25.9. The SMILES string of the molecule is CC(=O)n1cc(C(=O)N2CCCC2)c2cc(F)ccc21. The Balaban J connectivity index is 2.16. The lowest BCUT2D eigenvalue weighted by Crippen LogP contribution is -2.27.